The maximum absolute atomic E-state index is 12.4. The molecule has 0 aliphatic rings. The van der Waals surface area contributed by atoms with Crippen LogP contribution in [-0.4, -0.2) is 11.6 Å². The van der Waals surface area contributed by atoms with Crippen molar-refractivity contribution in [2.45, 2.75) is 58.8 Å². The highest BCUT2D eigenvalue weighted by molar-refractivity contribution is 6.13. The van der Waals surface area contributed by atoms with E-state index in [-0.39, 0.29) is 28.8 Å². The highest BCUT2D eigenvalue weighted by Crippen LogP contribution is 2.24. The van der Waals surface area contributed by atoms with Gasteiger partial charge in [-0.25, -0.2) is 0 Å². The Labute approximate surface area is 151 Å². The number of hydrogen-bond donors (Lipinski definition) is 0. The molecule has 0 atom stereocenters. The summed E-state index contributed by atoms with van der Waals surface area (Å²) in [5.41, 5.74) is 3.62. The summed E-state index contributed by atoms with van der Waals surface area (Å²) in [6.07, 6.45) is -0.0935. The number of ketones is 2. The van der Waals surface area contributed by atoms with Crippen LogP contribution in [0, 0.1) is 0 Å². The number of rotatable bonds is 4. The molecule has 0 aliphatic heterocycles. The quantitative estimate of drug-likeness (QED) is 0.527. The fraction of sp³-hybridized carbons (Fsp3) is 0.391. The molecule has 2 aromatic rings. The maximum atomic E-state index is 12.4. The third kappa shape index (κ3) is 4.88. The van der Waals surface area contributed by atoms with E-state index in [0.717, 1.165) is 0 Å². The Balaban J connectivity index is 2.08. The van der Waals surface area contributed by atoms with Crippen LogP contribution in [0.15, 0.2) is 48.5 Å². The summed E-state index contributed by atoms with van der Waals surface area (Å²) >= 11 is 0. The summed E-state index contributed by atoms with van der Waals surface area (Å²) in [7, 11) is 0. The molecule has 2 nitrogen and oxygen atoms in total. The highest BCUT2D eigenvalue weighted by Gasteiger charge is 2.18. The summed E-state index contributed by atoms with van der Waals surface area (Å²) in [6, 6.07) is 15.1. The predicted molar refractivity (Wildman–Crippen MR) is 104 cm³/mol. The number of hydrogen-bond acceptors (Lipinski definition) is 2. The molecule has 0 fully saturated rings. The Morgan fingerprint density at radius 3 is 1.12 bits per heavy atom. The molecule has 132 valence electrons. The first-order valence-electron chi connectivity index (χ1n) is 8.76. The molecule has 0 N–H and O–H groups in total. The third-order valence-corrected chi connectivity index (χ3v) is 4.47. The van der Waals surface area contributed by atoms with Crippen molar-refractivity contribution in [1.82, 2.24) is 0 Å². The van der Waals surface area contributed by atoms with Crippen LogP contribution < -0.4 is 0 Å². The Kier molecular flexibility index (Phi) is 5.31. The molecule has 2 aromatic carbocycles. The third-order valence-electron chi connectivity index (χ3n) is 4.47. The molecule has 0 aromatic heterocycles. The van der Waals surface area contributed by atoms with Crippen molar-refractivity contribution < 1.29 is 9.59 Å². The van der Waals surface area contributed by atoms with Crippen LogP contribution in [0.2, 0.25) is 0 Å². The topological polar surface area (TPSA) is 34.1 Å². The summed E-state index contributed by atoms with van der Waals surface area (Å²) < 4.78 is 0. The van der Waals surface area contributed by atoms with Gasteiger partial charge in [0.1, 0.15) is 0 Å². The largest absolute Gasteiger partial charge is 0.294 e. The van der Waals surface area contributed by atoms with Gasteiger partial charge < -0.3 is 0 Å². The second-order valence-corrected chi connectivity index (χ2v) is 8.68. The molecule has 0 unspecified atom stereocenters. The van der Waals surface area contributed by atoms with Crippen molar-refractivity contribution in [3.63, 3.8) is 0 Å². The van der Waals surface area contributed by atoms with Gasteiger partial charge in [-0.2, -0.15) is 0 Å². The van der Waals surface area contributed by atoms with Crippen LogP contribution in [0.1, 0.15) is 79.8 Å². The van der Waals surface area contributed by atoms with Gasteiger partial charge in [0.25, 0.3) is 0 Å². The lowest BCUT2D eigenvalue weighted by molar-refractivity contribution is 0.0894. The molecule has 0 amide bonds. The number of benzene rings is 2. The first-order chi connectivity index (χ1) is 11.5. The van der Waals surface area contributed by atoms with E-state index >= 15 is 0 Å². The molecule has 2 heteroatoms. The van der Waals surface area contributed by atoms with Gasteiger partial charge in [-0.15, -0.1) is 0 Å². The Morgan fingerprint density at radius 1 is 0.600 bits per heavy atom. The predicted octanol–water partition coefficient (Wildman–Crippen LogP) is 5.74. The van der Waals surface area contributed by atoms with Gasteiger partial charge in [-0.3, -0.25) is 9.59 Å². The molecular formula is C23H28O2. The average molecular weight is 336 g/mol. The fourth-order valence-corrected chi connectivity index (χ4v) is 2.66. The molecule has 25 heavy (non-hydrogen) atoms. The standard InChI is InChI=1S/C23H28O2/c1-22(2,3)18-11-7-16(8-12-18)20(24)15-21(25)17-9-13-19(14-10-17)23(4,5)6/h7-14H,15H2,1-6H3. The van der Waals surface area contributed by atoms with Gasteiger partial charge in [-0.05, 0) is 22.0 Å². The van der Waals surface area contributed by atoms with Crippen molar-refractivity contribution in [2.75, 3.05) is 0 Å². The van der Waals surface area contributed by atoms with Crippen LogP contribution in [0.4, 0.5) is 0 Å². The first-order valence-corrected chi connectivity index (χ1v) is 8.76. The van der Waals surface area contributed by atoms with Crippen molar-refractivity contribution >= 4 is 11.6 Å². The highest BCUT2D eigenvalue weighted by atomic mass is 16.1. The smallest absolute Gasteiger partial charge is 0.170 e. The molecular weight excluding hydrogens is 308 g/mol. The lowest BCUT2D eigenvalue weighted by atomic mass is 9.86. The average Bonchev–Trinajstić information content (AvgIpc) is 2.53. The van der Waals surface area contributed by atoms with E-state index in [9.17, 15) is 9.59 Å². The minimum absolute atomic E-state index is 0.0478. The van der Waals surface area contributed by atoms with Crippen molar-refractivity contribution in [2.24, 2.45) is 0 Å². The van der Waals surface area contributed by atoms with Gasteiger partial charge in [0.15, 0.2) is 11.6 Å². The normalized spacial score (nSPS) is 12.1. The zero-order valence-corrected chi connectivity index (χ0v) is 16.1. The monoisotopic (exact) mass is 336 g/mol. The molecule has 2 rings (SSSR count). The van der Waals surface area contributed by atoms with E-state index in [1.165, 1.54) is 11.1 Å². The second-order valence-electron chi connectivity index (χ2n) is 8.68. The molecule has 0 saturated heterocycles. The Bertz CT molecular complexity index is 684. The van der Waals surface area contributed by atoms with Gasteiger partial charge in [0.2, 0.25) is 0 Å². The van der Waals surface area contributed by atoms with Crippen molar-refractivity contribution in [3.8, 4) is 0 Å². The van der Waals surface area contributed by atoms with Gasteiger partial charge in [0.05, 0.1) is 6.42 Å². The fourth-order valence-electron chi connectivity index (χ4n) is 2.66. The summed E-state index contributed by atoms with van der Waals surface area (Å²) in [5.74, 6) is -0.268. The molecule has 0 heterocycles. The molecule has 0 bridgehead atoms. The van der Waals surface area contributed by atoms with E-state index in [0.29, 0.717) is 11.1 Å². The molecule has 0 radical (unpaired) electrons. The van der Waals surface area contributed by atoms with E-state index in [1.807, 2.05) is 48.5 Å². The number of carbonyl (C=O) groups is 2. The minimum Gasteiger partial charge on any atom is -0.294 e. The van der Waals surface area contributed by atoms with E-state index in [1.54, 1.807) is 0 Å². The minimum atomic E-state index is -0.134. The zero-order valence-electron chi connectivity index (χ0n) is 16.1. The lowest BCUT2D eigenvalue weighted by Gasteiger charge is -2.19. The van der Waals surface area contributed by atoms with Crippen LogP contribution in [0.25, 0.3) is 0 Å². The first kappa shape index (κ1) is 19.1. The molecule has 0 saturated carbocycles. The SMILES string of the molecule is CC(C)(C)c1ccc(C(=O)CC(=O)c2ccc(C(C)(C)C)cc2)cc1. The van der Waals surface area contributed by atoms with Crippen LogP contribution in [-0.2, 0) is 10.8 Å². The van der Waals surface area contributed by atoms with E-state index in [4.69, 9.17) is 0 Å². The Hall–Kier alpha value is -2.22. The van der Waals surface area contributed by atoms with Crippen LogP contribution in [0.5, 0.6) is 0 Å². The molecule has 0 aliphatic carbocycles. The van der Waals surface area contributed by atoms with Gasteiger partial charge in [-0.1, -0.05) is 90.1 Å². The maximum Gasteiger partial charge on any atom is 0.170 e. The second kappa shape index (κ2) is 6.95. The Morgan fingerprint density at radius 2 is 0.880 bits per heavy atom. The van der Waals surface area contributed by atoms with E-state index < -0.39 is 0 Å². The van der Waals surface area contributed by atoms with Crippen molar-refractivity contribution in [3.05, 3.63) is 70.8 Å². The van der Waals surface area contributed by atoms with Crippen LogP contribution in [0.3, 0.4) is 0 Å². The van der Waals surface area contributed by atoms with E-state index in [2.05, 4.69) is 41.5 Å². The summed E-state index contributed by atoms with van der Waals surface area (Å²) in [6.45, 7) is 12.8. The summed E-state index contributed by atoms with van der Waals surface area (Å²) in [4.78, 5) is 24.8. The number of carbonyl (C=O) groups excluding carboxylic acids is 2. The molecule has 0 spiro atoms. The number of Topliss-reactive ketones (excluding diaryl/α,β-unsaturated/α-hetero) is 2. The lowest BCUT2D eigenvalue weighted by Crippen LogP contribution is -2.13. The van der Waals surface area contributed by atoms with Crippen molar-refractivity contribution in [1.29, 1.82) is 0 Å². The van der Waals surface area contributed by atoms with Gasteiger partial charge >= 0.3 is 0 Å². The van der Waals surface area contributed by atoms with Gasteiger partial charge in [0, 0.05) is 11.1 Å². The zero-order chi connectivity index (χ0) is 18.8. The van der Waals surface area contributed by atoms with Crippen LogP contribution >= 0.6 is 0 Å². The summed E-state index contributed by atoms with van der Waals surface area (Å²) in [5, 5.41) is 0.